The van der Waals surface area contributed by atoms with Crippen molar-refractivity contribution in [2.75, 3.05) is 0 Å². The maximum Gasteiger partial charge on any atom is 0.127 e. The highest BCUT2D eigenvalue weighted by Crippen LogP contribution is 2.14. The Kier molecular flexibility index (Phi) is 2.27. The zero-order valence-corrected chi connectivity index (χ0v) is 7.62. The van der Waals surface area contributed by atoms with Crippen molar-refractivity contribution in [2.24, 2.45) is 0 Å². The van der Waals surface area contributed by atoms with Crippen LogP contribution in [0.5, 0.6) is 0 Å². The summed E-state index contributed by atoms with van der Waals surface area (Å²) >= 11 is 5.84. The summed E-state index contributed by atoms with van der Waals surface area (Å²) in [6, 6.07) is 5.81. The maximum atomic E-state index is 5.84. The van der Waals surface area contributed by atoms with Crippen molar-refractivity contribution in [3.8, 4) is 0 Å². The first-order chi connectivity index (χ1) is 6.36. The summed E-state index contributed by atoms with van der Waals surface area (Å²) in [5, 5.41) is 7.10. The van der Waals surface area contributed by atoms with E-state index in [1.165, 1.54) is 0 Å². The molecule has 0 aliphatic rings. The largest absolute Gasteiger partial charge is 0.267 e. The number of pyridine rings is 1. The highest BCUT2D eigenvalue weighted by Gasteiger charge is 2.03. The van der Waals surface area contributed by atoms with Crippen molar-refractivity contribution < 1.29 is 0 Å². The molecule has 0 bridgehead atoms. The van der Waals surface area contributed by atoms with E-state index >= 15 is 0 Å². The molecular formula is C9H8ClN3. The van der Waals surface area contributed by atoms with E-state index in [1.807, 2.05) is 18.2 Å². The fourth-order valence-electron chi connectivity index (χ4n) is 1.12. The Bertz CT molecular complexity index is 383. The minimum absolute atomic E-state index is 0.589. The Morgan fingerprint density at radius 1 is 1.38 bits per heavy atom. The van der Waals surface area contributed by atoms with Gasteiger partial charge in [-0.25, -0.2) is 0 Å². The SMILES string of the molecule is Clc1[nH]ncc1Cc1ccccn1. The predicted octanol–water partition coefficient (Wildman–Crippen LogP) is 2.05. The van der Waals surface area contributed by atoms with Crippen molar-refractivity contribution in [1.29, 1.82) is 0 Å². The van der Waals surface area contributed by atoms with E-state index in [0.29, 0.717) is 5.15 Å². The fraction of sp³-hybridized carbons (Fsp3) is 0.111. The van der Waals surface area contributed by atoms with Gasteiger partial charge >= 0.3 is 0 Å². The molecule has 66 valence electrons. The molecule has 0 unspecified atom stereocenters. The van der Waals surface area contributed by atoms with E-state index < -0.39 is 0 Å². The van der Waals surface area contributed by atoms with Gasteiger partial charge in [0.25, 0.3) is 0 Å². The number of aromatic nitrogens is 3. The molecule has 2 heterocycles. The van der Waals surface area contributed by atoms with E-state index in [-0.39, 0.29) is 0 Å². The minimum atomic E-state index is 0.589. The molecule has 0 aliphatic carbocycles. The predicted molar refractivity (Wildman–Crippen MR) is 50.6 cm³/mol. The number of hydrogen-bond donors (Lipinski definition) is 1. The third-order valence-electron chi connectivity index (χ3n) is 1.76. The lowest BCUT2D eigenvalue weighted by Crippen LogP contribution is -1.89. The van der Waals surface area contributed by atoms with Crippen LogP contribution >= 0.6 is 11.6 Å². The highest BCUT2D eigenvalue weighted by atomic mass is 35.5. The summed E-state index contributed by atoms with van der Waals surface area (Å²) in [5.41, 5.74) is 1.96. The van der Waals surface area contributed by atoms with Crippen LogP contribution in [0.2, 0.25) is 5.15 Å². The minimum Gasteiger partial charge on any atom is -0.267 e. The second-order valence-electron chi connectivity index (χ2n) is 2.71. The molecule has 0 fully saturated rings. The van der Waals surface area contributed by atoms with Gasteiger partial charge in [0.05, 0.1) is 6.20 Å². The Morgan fingerprint density at radius 2 is 2.31 bits per heavy atom. The second kappa shape index (κ2) is 3.58. The van der Waals surface area contributed by atoms with Crippen LogP contribution in [0.3, 0.4) is 0 Å². The number of hydrogen-bond acceptors (Lipinski definition) is 2. The number of nitrogens with one attached hydrogen (secondary N) is 1. The van der Waals surface area contributed by atoms with E-state index in [4.69, 9.17) is 11.6 Å². The van der Waals surface area contributed by atoms with Crippen LogP contribution in [-0.2, 0) is 6.42 Å². The van der Waals surface area contributed by atoms with Gasteiger partial charge in [-0.15, -0.1) is 0 Å². The lowest BCUT2D eigenvalue weighted by molar-refractivity contribution is 1.08. The topological polar surface area (TPSA) is 41.6 Å². The van der Waals surface area contributed by atoms with Crippen molar-refractivity contribution in [3.05, 3.63) is 47.0 Å². The molecule has 2 aromatic rings. The lowest BCUT2D eigenvalue weighted by atomic mass is 10.2. The van der Waals surface area contributed by atoms with Crippen molar-refractivity contribution in [3.63, 3.8) is 0 Å². The summed E-state index contributed by atoms with van der Waals surface area (Å²) in [4.78, 5) is 4.19. The first-order valence-electron chi connectivity index (χ1n) is 3.94. The molecule has 1 N–H and O–H groups in total. The van der Waals surface area contributed by atoms with Crippen molar-refractivity contribution in [2.45, 2.75) is 6.42 Å². The first kappa shape index (κ1) is 8.26. The van der Waals surface area contributed by atoms with Crippen molar-refractivity contribution >= 4 is 11.6 Å². The number of aromatic amines is 1. The molecule has 4 heteroatoms. The average molecular weight is 194 g/mol. The summed E-state index contributed by atoms with van der Waals surface area (Å²) in [7, 11) is 0. The van der Waals surface area contributed by atoms with E-state index in [0.717, 1.165) is 17.7 Å². The summed E-state index contributed by atoms with van der Waals surface area (Å²) in [5.74, 6) is 0. The van der Waals surface area contributed by atoms with Crippen LogP contribution in [0.1, 0.15) is 11.3 Å². The Hall–Kier alpha value is -1.35. The molecule has 0 amide bonds. The van der Waals surface area contributed by atoms with Gasteiger partial charge in [0.2, 0.25) is 0 Å². The molecular weight excluding hydrogens is 186 g/mol. The van der Waals surface area contributed by atoms with Gasteiger partial charge in [0.1, 0.15) is 5.15 Å². The van der Waals surface area contributed by atoms with Crippen LogP contribution in [0.15, 0.2) is 30.6 Å². The van der Waals surface area contributed by atoms with E-state index in [2.05, 4.69) is 15.2 Å². The summed E-state index contributed by atoms with van der Waals surface area (Å²) < 4.78 is 0. The van der Waals surface area contributed by atoms with Crippen LogP contribution in [-0.4, -0.2) is 15.2 Å². The van der Waals surface area contributed by atoms with Crippen LogP contribution in [0, 0.1) is 0 Å². The Labute approximate surface area is 80.8 Å². The molecule has 0 saturated heterocycles. The third kappa shape index (κ3) is 1.87. The van der Waals surface area contributed by atoms with Crippen molar-refractivity contribution in [1.82, 2.24) is 15.2 Å². The van der Waals surface area contributed by atoms with Crippen LogP contribution < -0.4 is 0 Å². The lowest BCUT2D eigenvalue weighted by Gasteiger charge is -1.96. The normalized spacial score (nSPS) is 10.2. The molecule has 0 spiro atoms. The number of nitrogens with zero attached hydrogens (tertiary/aromatic N) is 2. The number of rotatable bonds is 2. The molecule has 0 saturated carbocycles. The van der Waals surface area contributed by atoms with Crippen LogP contribution in [0.25, 0.3) is 0 Å². The van der Waals surface area contributed by atoms with Gasteiger partial charge in [-0.1, -0.05) is 17.7 Å². The first-order valence-corrected chi connectivity index (χ1v) is 4.32. The summed E-state index contributed by atoms with van der Waals surface area (Å²) in [6.07, 6.45) is 4.20. The standard InChI is InChI=1S/C9H8ClN3/c10-9-7(6-12-13-9)5-8-3-1-2-4-11-8/h1-4,6H,5H2,(H,12,13). The molecule has 0 atom stereocenters. The van der Waals surface area contributed by atoms with Gasteiger partial charge in [-0.2, -0.15) is 5.10 Å². The zero-order valence-electron chi connectivity index (χ0n) is 6.87. The summed E-state index contributed by atoms with van der Waals surface area (Å²) in [6.45, 7) is 0. The van der Waals surface area contributed by atoms with Gasteiger partial charge < -0.3 is 0 Å². The van der Waals surface area contributed by atoms with Gasteiger partial charge in [-0.3, -0.25) is 10.1 Å². The highest BCUT2D eigenvalue weighted by molar-refractivity contribution is 6.30. The third-order valence-corrected chi connectivity index (χ3v) is 2.09. The Balaban J connectivity index is 2.20. The quantitative estimate of drug-likeness (QED) is 0.793. The number of halogens is 1. The average Bonchev–Trinajstić information content (AvgIpc) is 2.54. The van der Waals surface area contributed by atoms with Crippen LogP contribution in [0.4, 0.5) is 0 Å². The maximum absolute atomic E-state index is 5.84. The molecule has 0 aliphatic heterocycles. The van der Waals surface area contributed by atoms with E-state index in [9.17, 15) is 0 Å². The molecule has 3 nitrogen and oxygen atoms in total. The zero-order chi connectivity index (χ0) is 9.10. The van der Waals surface area contributed by atoms with E-state index in [1.54, 1.807) is 12.4 Å². The molecule has 13 heavy (non-hydrogen) atoms. The fourth-order valence-corrected chi connectivity index (χ4v) is 1.28. The molecule has 0 radical (unpaired) electrons. The second-order valence-corrected chi connectivity index (χ2v) is 3.09. The Morgan fingerprint density at radius 3 is 2.92 bits per heavy atom. The smallest absolute Gasteiger partial charge is 0.127 e. The number of H-pyrrole nitrogens is 1. The van der Waals surface area contributed by atoms with Gasteiger partial charge in [-0.05, 0) is 12.1 Å². The molecule has 2 rings (SSSR count). The van der Waals surface area contributed by atoms with Gasteiger partial charge in [0, 0.05) is 23.9 Å². The molecule has 0 aromatic carbocycles. The monoisotopic (exact) mass is 193 g/mol. The van der Waals surface area contributed by atoms with Gasteiger partial charge in [0.15, 0.2) is 0 Å². The molecule has 2 aromatic heterocycles.